The van der Waals surface area contributed by atoms with Crippen LogP contribution in [-0.2, 0) is 0 Å². The lowest BCUT2D eigenvalue weighted by molar-refractivity contribution is 0.0560. The Morgan fingerprint density at radius 1 is 1.06 bits per heavy atom. The van der Waals surface area contributed by atoms with Crippen LogP contribution >= 0.6 is 23.4 Å². The molecule has 2 heterocycles. The predicted octanol–water partition coefficient (Wildman–Crippen LogP) is 3.34. The fraction of sp³-hybridized carbons (Fsp3) is 0.909. The Hall–Kier alpha value is -0.0300. The minimum absolute atomic E-state index is 0.538. The van der Waals surface area contributed by atoms with E-state index in [1.165, 1.54) is 51.6 Å². The summed E-state index contributed by atoms with van der Waals surface area (Å²) in [6.07, 6.45) is 8.56. The maximum absolute atomic E-state index is 8.77. The molecule has 2 aliphatic heterocycles. The molecular formula is C11H20Cl2N2O2. The molecule has 0 bridgehead atoms. The van der Waals surface area contributed by atoms with E-state index in [0.29, 0.717) is 6.17 Å². The van der Waals surface area contributed by atoms with Gasteiger partial charge in [0.05, 0.1) is 6.17 Å². The molecule has 17 heavy (non-hydrogen) atoms. The lowest BCUT2D eigenvalue weighted by atomic mass is 10.1. The largest absolute Gasteiger partial charge is 0.469 e. The summed E-state index contributed by atoms with van der Waals surface area (Å²) in [6.45, 7) is 3.59. The Morgan fingerprint density at radius 3 is 2.12 bits per heavy atom. The SMILES string of the molecule is ClN1CCCCC1N1CCCCC1.O=C(O)Cl. The van der Waals surface area contributed by atoms with E-state index in [4.69, 9.17) is 21.7 Å². The first-order valence-corrected chi connectivity index (χ1v) is 6.88. The number of piperidine rings is 2. The van der Waals surface area contributed by atoms with Gasteiger partial charge in [0.1, 0.15) is 0 Å². The van der Waals surface area contributed by atoms with Crippen molar-refractivity contribution in [1.29, 1.82) is 0 Å². The highest BCUT2D eigenvalue weighted by Crippen LogP contribution is 2.24. The molecule has 0 aromatic carbocycles. The zero-order chi connectivity index (χ0) is 12.7. The fourth-order valence-electron chi connectivity index (χ4n) is 2.46. The molecule has 0 radical (unpaired) electrons. The van der Waals surface area contributed by atoms with Gasteiger partial charge in [-0.2, -0.15) is 0 Å². The van der Waals surface area contributed by atoms with Gasteiger partial charge in [0.2, 0.25) is 0 Å². The molecule has 1 N–H and O–H groups in total. The van der Waals surface area contributed by atoms with Crippen molar-refractivity contribution in [2.45, 2.75) is 44.7 Å². The number of nitrogens with zero attached hydrogens (tertiary/aromatic N) is 2. The van der Waals surface area contributed by atoms with Crippen LogP contribution < -0.4 is 0 Å². The van der Waals surface area contributed by atoms with Crippen molar-refractivity contribution in [2.24, 2.45) is 0 Å². The monoisotopic (exact) mass is 282 g/mol. The van der Waals surface area contributed by atoms with Crippen LogP contribution in [0.5, 0.6) is 0 Å². The van der Waals surface area contributed by atoms with Crippen molar-refractivity contribution >= 4 is 28.8 Å². The average Bonchev–Trinajstić information content (AvgIpc) is 2.30. The highest BCUT2D eigenvalue weighted by Gasteiger charge is 2.27. The predicted molar refractivity (Wildman–Crippen MR) is 69.5 cm³/mol. The normalized spacial score (nSPS) is 27.1. The van der Waals surface area contributed by atoms with Crippen LogP contribution in [0.2, 0.25) is 0 Å². The molecule has 2 rings (SSSR count). The van der Waals surface area contributed by atoms with E-state index in [9.17, 15) is 0 Å². The van der Waals surface area contributed by atoms with Crippen molar-refractivity contribution in [3.05, 3.63) is 0 Å². The fourth-order valence-corrected chi connectivity index (χ4v) is 2.80. The molecule has 0 aliphatic carbocycles. The molecule has 2 fully saturated rings. The van der Waals surface area contributed by atoms with Gasteiger partial charge in [-0.1, -0.05) is 6.42 Å². The van der Waals surface area contributed by atoms with E-state index in [-0.39, 0.29) is 0 Å². The Bertz CT molecular complexity index is 232. The smallest absolute Gasteiger partial charge is 0.401 e. The summed E-state index contributed by atoms with van der Waals surface area (Å²) < 4.78 is 2.02. The van der Waals surface area contributed by atoms with Crippen molar-refractivity contribution in [3.63, 3.8) is 0 Å². The highest BCUT2D eigenvalue weighted by molar-refractivity contribution is 6.60. The molecule has 0 amide bonds. The molecule has 0 spiro atoms. The van der Waals surface area contributed by atoms with Gasteiger partial charge in [0, 0.05) is 18.1 Å². The Kier molecular flexibility index (Phi) is 7.19. The van der Waals surface area contributed by atoms with Crippen molar-refractivity contribution in [1.82, 2.24) is 9.32 Å². The number of hydrogen-bond donors (Lipinski definition) is 1. The molecule has 2 aliphatic rings. The van der Waals surface area contributed by atoms with Gasteiger partial charge in [-0.3, -0.25) is 4.90 Å². The summed E-state index contributed by atoms with van der Waals surface area (Å²) in [7, 11) is 0. The van der Waals surface area contributed by atoms with Crippen LogP contribution in [0.4, 0.5) is 4.79 Å². The van der Waals surface area contributed by atoms with Gasteiger partial charge in [-0.25, -0.2) is 9.21 Å². The zero-order valence-corrected chi connectivity index (χ0v) is 11.5. The molecule has 4 nitrogen and oxygen atoms in total. The van der Waals surface area contributed by atoms with E-state index >= 15 is 0 Å². The second kappa shape index (κ2) is 8.14. The molecular weight excluding hydrogens is 263 g/mol. The summed E-state index contributed by atoms with van der Waals surface area (Å²) in [5, 5.41) is 7.18. The van der Waals surface area contributed by atoms with E-state index in [2.05, 4.69) is 16.5 Å². The zero-order valence-electron chi connectivity index (χ0n) is 9.95. The molecule has 0 aromatic heterocycles. The van der Waals surface area contributed by atoms with Crippen LogP contribution in [0.3, 0.4) is 0 Å². The van der Waals surface area contributed by atoms with Crippen LogP contribution in [0.1, 0.15) is 38.5 Å². The molecule has 1 unspecified atom stereocenters. The van der Waals surface area contributed by atoms with E-state index in [1.54, 1.807) is 0 Å². The second-order valence-corrected chi connectivity index (χ2v) is 5.21. The standard InChI is InChI=1S/C10H19ClN2.CHClO2/c11-13-9-5-2-6-10(13)12-7-3-1-4-8-12;2-1(3)4/h10H,1-9H2;(H,3,4). The van der Waals surface area contributed by atoms with Crippen molar-refractivity contribution in [3.8, 4) is 0 Å². The van der Waals surface area contributed by atoms with Gasteiger partial charge < -0.3 is 5.11 Å². The van der Waals surface area contributed by atoms with Gasteiger partial charge in [-0.15, -0.1) is 0 Å². The van der Waals surface area contributed by atoms with Crippen molar-refractivity contribution in [2.75, 3.05) is 19.6 Å². The number of rotatable bonds is 1. The van der Waals surface area contributed by atoms with Crippen molar-refractivity contribution < 1.29 is 9.90 Å². The lowest BCUT2D eigenvalue weighted by Gasteiger charge is -2.40. The van der Waals surface area contributed by atoms with Crippen LogP contribution in [0, 0.1) is 0 Å². The van der Waals surface area contributed by atoms with Crippen LogP contribution in [0.15, 0.2) is 0 Å². The first-order chi connectivity index (χ1) is 8.11. The average molecular weight is 283 g/mol. The summed E-state index contributed by atoms with van der Waals surface area (Å²) >= 11 is 10.4. The number of carboxylic acid groups (broad SMARTS) is 1. The Labute approximate surface area is 113 Å². The lowest BCUT2D eigenvalue weighted by Crippen LogP contribution is -2.48. The van der Waals surface area contributed by atoms with Gasteiger partial charge >= 0.3 is 5.43 Å². The molecule has 100 valence electrons. The van der Waals surface area contributed by atoms with Crippen LogP contribution in [0.25, 0.3) is 0 Å². The maximum Gasteiger partial charge on any atom is 0.401 e. The quantitative estimate of drug-likeness (QED) is 0.592. The Balaban J connectivity index is 0.000000317. The summed E-state index contributed by atoms with van der Waals surface area (Å²) in [5.41, 5.74) is -1.36. The van der Waals surface area contributed by atoms with E-state index in [0.717, 1.165) is 6.54 Å². The minimum Gasteiger partial charge on any atom is -0.469 e. The molecule has 0 saturated carbocycles. The van der Waals surface area contributed by atoms with Crippen LogP contribution in [-0.4, -0.2) is 45.7 Å². The molecule has 1 atom stereocenters. The van der Waals surface area contributed by atoms with E-state index < -0.39 is 5.43 Å². The third-order valence-corrected chi connectivity index (χ3v) is 3.61. The minimum atomic E-state index is -1.36. The number of likely N-dealkylation sites (tertiary alicyclic amines) is 1. The topological polar surface area (TPSA) is 43.8 Å². The molecule has 2 saturated heterocycles. The number of halogens is 2. The highest BCUT2D eigenvalue weighted by atomic mass is 35.5. The van der Waals surface area contributed by atoms with E-state index in [1.807, 2.05) is 4.42 Å². The first-order valence-electron chi connectivity index (χ1n) is 6.16. The summed E-state index contributed by atoms with van der Waals surface area (Å²) in [5.74, 6) is 0. The Morgan fingerprint density at radius 2 is 1.59 bits per heavy atom. The summed E-state index contributed by atoms with van der Waals surface area (Å²) in [6, 6.07) is 0. The maximum atomic E-state index is 8.77. The summed E-state index contributed by atoms with van der Waals surface area (Å²) in [4.78, 5) is 11.3. The molecule has 6 heteroatoms. The molecule has 0 aromatic rings. The van der Waals surface area contributed by atoms with Gasteiger partial charge in [-0.05, 0) is 57.0 Å². The third kappa shape index (κ3) is 5.91. The number of hydrogen-bond acceptors (Lipinski definition) is 3. The van der Waals surface area contributed by atoms with Gasteiger partial charge in [0.25, 0.3) is 0 Å². The van der Waals surface area contributed by atoms with Gasteiger partial charge in [0.15, 0.2) is 0 Å². The first kappa shape index (κ1) is 15.0. The third-order valence-electron chi connectivity index (χ3n) is 3.22. The second-order valence-electron chi connectivity index (χ2n) is 4.45. The number of carbonyl (C=O) groups is 1.